The fourth-order valence-corrected chi connectivity index (χ4v) is 2.68. The minimum absolute atomic E-state index is 0.314. The van der Waals surface area contributed by atoms with Gasteiger partial charge in [0, 0.05) is 20.0 Å². The van der Waals surface area contributed by atoms with Crippen LogP contribution in [0.4, 0.5) is 8.78 Å². The Morgan fingerprint density at radius 1 is 1.35 bits per heavy atom. The summed E-state index contributed by atoms with van der Waals surface area (Å²) in [6, 6.07) is 2.79. The van der Waals surface area contributed by atoms with Crippen molar-refractivity contribution in [1.82, 2.24) is 10.2 Å². The van der Waals surface area contributed by atoms with Gasteiger partial charge in [-0.1, -0.05) is 0 Å². The number of nitrogens with one attached hydrogen (secondary N) is 1. The lowest BCUT2D eigenvalue weighted by Crippen LogP contribution is -2.41. The van der Waals surface area contributed by atoms with Gasteiger partial charge in [0.25, 0.3) is 5.92 Å². The Bertz CT molecular complexity index is 593. The van der Waals surface area contributed by atoms with E-state index in [0.29, 0.717) is 18.0 Å². The van der Waals surface area contributed by atoms with Crippen LogP contribution in [-0.4, -0.2) is 50.6 Å². The van der Waals surface area contributed by atoms with E-state index in [9.17, 15) is 13.6 Å². The number of likely N-dealkylation sites (N-methyl/N-ethyl adjacent to an activating group) is 1. The number of hydrogen-bond acceptors (Lipinski definition) is 4. The number of carbonyl (C=O) groups is 1. The molecule has 2 rings (SSSR count). The van der Waals surface area contributed by atoms with Gasteiger partial charge in [-0.3, -0.25) is 10.1 Å². The predicted molar refractivity (Wildman–Crippen MR) is 82.1 cm³/mol. The summed E-state index contributed by atoms with van der Waals surface area (Å²) in [5.74, 6) is -1.98. The summed E-state index contributed by atoms with van der Waals surface area (Å²) in [6.07, 6.45) is -0.457. The molecule has 1 unspecified atom stereocenters. The molecular formula is C16H22F2N2O3. The highest BCUT2D eigenvalue weighted by atomic mass is 19.3. The van der Waals surface area contributed by atoms with E-state index in [1.165, 1.54) is 12.0 Å². The van der Waals surface area contributed by atoms with Crippen molar-refractivity contribution in [1.29, 1.82) is 0 Å². The standard InChI is InChI=1S/C16H22F2N2O3/c1-10-5-13(22-3)14(23-4)6-11(10)8-20(2)15(21)12-7-16(17,18)9-19-12/h5-6,12,19H,7-9H2,1-4H3. The second-order valence-electron chi connectivity index (χ2n) is 5.82. The fraction of sp³-hybridized carbons (Fsp3) is 0.562. The van der Waals surface area contributed by atoms with Crippen LogP contribution in [0, 0.1) is 6.92 Å². The number of halogens is 2. The van der Waals surface area contributed by atoms with Crippen LogP contribution in [0.5, 0.6) is 11.5 Å². The van der Waals surface area contributed by atoms with Gasteiger partial charge in [-0.2, -0.15) is 0 Å². The van der Waals surface area contributed by atoms with Crippen molar-refractivity contribution in [3.05, 3.63) is 23.3 Å². The minimum Gasteiger partial charge on any atom is -0.493 e. The van der Waals surface area contributed by atoms with E-state index in [4.69, 9.17) is 9.47 Å². The highest BCUT2D eigenvalue weighted by Gasteiger charge is 2.43. The maximum atomic E-state index is 13.2. The number of nitrogens with zero attached hydrogens (tertiary/aromatic N) is 1. The molecule has 128 valence electrons. The Morgan fingerprint density at radius 2 is 1.96 bits per heavy atom. The molecule has 23 heavy (non-hydrogen) atoms. The highest BCUT2D eigenvalue weighted by Crippen LogP contribution is 2.31. The molecule has 1 aliphatic rings. The van der Waals surface area contributed by atoms with E-state index in [1.807, 2.05) is 13.0 Å². The Hall–Kier alpha value is -1.89. The number of carbonyl (C=O) groups excluding carboxylic acids is 1. The van der Waals surface area contributed by atoms with Gasteiger partial charge in [-0.05, 0) is 30.2 Å². The maximum Gasteiger partial charge on any atom is 0.262 e. The molecule has 0 bridgehead atoms. The number of methoxy groups -OCH3 is 2. The third-order valence-corrected chi connectivity index (χ3v) is 4.03. The van der Waals surface area contributed by atoms with Gasteiger partial charge in [0.2, 0.25) is 5.91 Å². The molecule has 1 aliphatic heterocycles. The SMILES string of the molecule is COc1cc(C)c(CN(C)C(=O)C2CC(F)(F)CN2)cc1OC. The predicted octanol–water partition coefficient (Wildman–Crippen LogP) is 1.97. The van der Waals surface area contributed by atoms with Crippen molar-refractivity contribution in [2.45, 2.75) is 31.9 Å². The molecule has 1 aromatic carbocycles. The molecule has 1 N–H and O–H groups in total. The summed E-state index contributed by atoms with van der Waals surface area (Å²) in [7, 11) is 4.70. The van der Waals surface area contributed by atoms with Crippen molar-refractivity contribution in [3.63, 3.8) is 0 Å². The number of rotatable bonds is 5. The first kappa shape index (κ1) is 17.5. The first-order valence-corrected chi connectivity index (χ1v) is 7.35. The summed E-state index contributed by atoms with van der Waals surface area (Å²) in [4.78, 5) is 13.8. The number of alkyl halides is 2. The van der Waals surface area contributed by atoms with Gasteiger partial charge < -0.3 is 14.4 Å². The van der Waals surface area contributed by atoms with Crippen LogP contribution in [0.3, 0.4) is 0 Å². The summed E-state index contributed by atoms with van der Waals surface area (Å²) in [5, 5.41) is 2.58. The molecule has 1 amide bonds. The zero-order valence-corrected chi connectivity index (χ0v) is 13.8. The van der Waals surface area contributed by atoms with Gasteiger partial charge in [0.05, 0.1) is 26.8 Å². The first-order valence-electron chi connectivity index (χ1n) is 7.35. The van der Waals surface area contributed by atoms with Crippen LogP contribution < -0.4 is 14.8 Å². The third kappa shape index (κ3) is 3.90. The van der Waals surface area contributed by atoms with Crippen LogP contribution in [0.1, 0.15) is 17.5 Å². The van der Waals surface area contributed by atoms with Crippen LogP contribution >= 0.6 is 0 Å². The monoisotopic (exact) mass is 328 g/mol. The summed E-state index contributed by atoms with van der Waals surface area (Å²) in [5.41, 5.74) is 1.82. The van der Waals surface area contributed by atoms with Crippen molar-refractivity contribution in [2.75, 3.05) is 27.8 Å². The molecule has 1 aromatic rings. The number of aryl methyl sites for hydroxylation is 1. The van der Waals surface area contributed by atoms with E-state index in [2.05, 4.69) is 5.32 Å². The van der Waals surface area contributed by atoms with Gasteiger partial charge in [0.1, 0.15) is 0 Å². The number of amides is 1. The Labute approximate surface area is 134 Å². The largest absolute Gasteiger partial charge is 0.493 e. The normalized spacial score (nSPS) is 19.5. The summed E-state index contributed by atoms with van der Waals surface area (Å²) < 4.78 is 36.9. The summed E-state index contributed by atoms with van der Waals surface area (Å²) in [6.45, 7) is 1.76. The molecule has 0 spiro atoms. The van der Waals surface area contributed by atoms with Crippen molar-refractivity contribution in [2.24, 2.45) is 0 Å². The van der Waals surface area contributed by atoms with Crippen LogP contribution in [0.15, 0.2) is 12.1 Å². The topological polar surface area (TPSA) is 50.8 Å². The lowest BCUT2D eigenvalue weighted by Gasteiger charge is -2.22. The van der Waals surface area contributed by atoms with E-state index >= 15 is 0 Å². The first-order chi connectivity index (χ1) is 10.8. The molecule has 7 heteroatoms. The van der Waals surface area contributed by atoms with E-state index in [0.717, 1.165) is 11.1 Å². The molecule has 1 saturated heterocycles. The molecular weight excluding hydrogens is 306 g/mol. The smallest absolute Gasteiger partial charge is 0.262 e. The quantitative estimate of drug-likeness (QED) is 0.898. The van der Waals surface area contributed by atoms with Gasteiger partial charge in [-0.25, -0.2) is 8.78 Å². The molecule has 0 saturated carbocycles. The van der Waals surface area contributed by atoms with E-state index < -0.39 is 24.9 Å². The van der Waals surface area contributed by atoms with Crippen molar-refractivity contribution in [3.8, 4) is 11.5 Å². The zero-order chi connectivity index (χ0) is 17.2. The average Bonchev–Trinajstić information content (AvgIpc) is 2.87. The molecule has 1 fully saturated rings. The Kier molecular flexibility index (Phi) is 5.09. The molecule has 0 radical (unpaired) electrons. The second-order valence-corrected chi connectivity index (χ2v) is 5.82. The molecule has 5 nitrogen and oxygen atoms in total. The van der Waals surface area contributed by atoms with Gasteiger partial charge in [-0.15, -0.1) is 0 Å². The van der Waals surface area contributed by atoms with Crippen LogP contribution in [0.2, 0.25) is 0 Å². The van der Waals surface area contributed by atoms with Crippen molar-refractivity contribution < 1.29 is 23.0 Å². The van der Waals surface area contributed by atoms with E-state index in [-0.39, 0.29) is 5.91 Å². The Balaban J connectivity index is 2.11. The van der Waals surface area contributed by atoms with E-state index in [1.54, 1.807) is 20.2 Å². The van der Waals surface area contributed by atoms with Crippen molar-refractivity contribution >= 4 is 5.91 Å². The second kappa shape index (κ2) is 6.70. The third-order valence-electron chi connectivity index (χ3n) is 4.03. The maximum absolute atomic E-state index is 13.2. The lowest BCUT2D eigenvalue weighted by atomic mass is 10.1. The van der Waals surface area contributed by atoms with Gasteiger partial charge >= 0.3 is 0 Å². The average molecular weight is 328 g/mol. The number of ether oxygens (including phenoxy) is 2. The van der Waals surface area contributed by atoms with Crippen LogP contribution in [0.25, 0.3) is 0 Å². The minimum atomic E-state index is -2.82. The molecule has 1 atom stereocenters. The Morgan fingerprint density at radius 3 is 2.48 bits per heavy atom. The highest BCUT2D eigenvalue weighted by molar-refractivity contribution is 5.82. The molecule has 1 heterocycles. The zero-order valence-electron chi connectivity index (χ0n) is 13.8. The number of benzene rings is 1. The number of hydrogen-bond donors (Lipinski definition) is 1. The lowest BCUT2D eigenvalue weighted by molar-refractivity contribution is -0.132. The van der Waals surface area contributed by atoms with Crippen LogP contribution in [-0.2, 0) is 11.3 Å². The fourth-order valence-electron chi connectivity index (χ4n) is 2.68. The summed E-state index contributed by atoms with van der Waals surface area (Å²) >= 11 is 0. The molecule has 0 aromatic heterocycles. The molecule has 0 aliphatic carbocycles. The van der Waals surface area contributed by atoms with Gasteiger partial charge in [0.15, 0.2) is 11.5 Å².